The smallest absolute Gasteiger partial charge is 0.274 e. The monoisotopic (exact) mass is 445 g/mol. The second-order valence-electron chi connectivity index (χ2n) is 7.70. The predicted octanol–water partition coefficient (Wildman–Crippen LogP) is 2.49. The molecule has 4 heterocycles. The van der Waals surface area contributed by atoms with E-state index >= 15 is 0 Å². The molecule has 168 valence electrons. The van der Waals surface area contributed by atoms with Gasteiger partial charge in [-0.1, -0.05) is 0 Å². The van der Waals surface area contributed by atoms with Gasteiger partial charge in [0.15, 0.2) is 0 Å². The maximum Gasteiger partial charge on any atom is 0.274 e. The minimum absolute atomic E-state index is 0.344. The van der Waals surface area contributed by atoms with Gasteiger partial charge in [-0.2, -0.15) is 0 Å². The summed E-state index contributed by atoms with van der Waals surface area (Å²) in [5.41, 5.74) is 6.34. The van der Waals surface area contributed by atoms with Crippen LogP contribution in [-0.4, -0.2) is 61.7 Å². The minimum atomic E-state index is -0.569. The van der Waals surface area contributed by atoms with Gasteiger partial charge in [0.1, 0.15) is 5.65 Å². The van der Waals surface area contributed by atoms with Gasteiger partial charge in [-0.25, -0.2) is 20.4 Å². The molecule has 3 aromatic heterocycles. The van der Waals surface area contributed by atoms with Gasteiger partial charge in [0, 0.05) is 43.3 Å². The summed E-state index contributed by atoms with van der Waals surface area (Å²) < 4.78 is 7.44. The fourth-order valence-electron chi connectivity index (χ4n) is 3.79. The summed E-state index contributed by atoms with van der Waals surface area (Å²) in [6.07, 6.45) is 5.51. The zero-order valence-electron chi connectivity index (χ0n) is 17.8. The molecule has 1 aromatic carbocycles. The first-order valence-electron chi connectivity index (χ1n) is 10.6. The van der Waals surface area contributed by atoms with E-state index in [-0.39, 0.29) is 0 Å². The summed E-state index contributed by atoms with van der Waals surface area (Å²) in [4.78, 5) is 27.3. The Balaban J connectivity index is 1.34. The number of amides is 1. The fourth-order valence-corrected chi connectivity index (χ4v) is 3.79. The highest BCUT2D eigenvalue weighted by Gasteiger charge is 2.13. The van der Waals surface area contributed by atoms with Crippen molar-refractivity contribution in [1.29, 1.82) is 0 Å². The van der Waals surface area contributed by atoms with Crippen LogP contribution in [0.1, 0.15) is 15.9 Å². The minimum Gasteiger partial charge on any atom is -0.379 e. The second kappa shape index (κ2) is 9.33. The van der Waals surface area contributed by atoms with Crippen molar-refractivity contribution in [3.8, 4) is 11.4 Å². The molecule has 1 aliphatic rings. The lowest BCUT2D eigenvalue weighted by molar-refractivity contribution is 0.0342. The molecule has 1 fully saturated rings. The number of rotatable bonds is 6. The summed E-state index contributed by atoms with van der Waals surface area (Å²) in [6.45, 7) is 4.32. The predicted molar refractivity (Wildman–Crippen MR) is 121 cm³/mol. The Morgan fingerprint density at radius 2 is 1.91 bits per heavy atom. The number of carbonyl (C=O) groups is 1. The maximum atomic E-state index is 11.5. The van der Waals surface area contributed by atoms with E-state index in [0.29, 0.717) is 17.2 Å². The van der Waals surface area contributed by atoms with Crippen molar-refractivity contribution in [2.45, 2.75) is 6.54 Å². The highest BCUT2D eigenvalue weighted by Crippen LogP contribution is 2.22. The molecule has 10 nitrogen and oxygen atoms in total. The SMILES string of the molecule is O=C(NO)c1ccc(Nc2nccc(-c3cnc4cc(CN5CCOCC5)ccn34)n2)cc1. The van der Waals surface area contributed by atoms with Gasteiger partial charge in [-0.15, -0.1) is 0 Å². The van der Waals surface area contributed by atoms with Crippen molar-refractivity contribution < 1.29 is 14.7 Å². The number of nitrogens with zero attached hydrogens (tertiary/aromatic N) is 5. The van der Waals surface area contributed by atoms with Crippen molar-refractivity contribution in [2.75, 3.05) is 31.6 Å². The standard InChI is InChI=1S/C23H23N7O3/c31-22(28-32)17-1-3-18(4-2-17)26-23-24-7-5-19(27-23)20-14-25-21-13-16(6-8-30(20)21)15-29-9-11-33-12-10-29/h1-8,13-14,32H,9-12,15H2,(H,28,31)(H,24,26,27). The first-order chi connectivity index (χ1) is 16.2. The number of fused-ring (bicyclic) bond motifs is 1. The first-order valence-corrected chi connectivity index (χ1v) is 10.6. The quantitative estimate of drug-likeness (QED) is 0.306. The normalized spacial score (nSPS) is 14.3. The molecule has 1 amide bonds. The highest BCUT2D eigenvalue weighted by atomic mass is 16.5. The Labute approximate surface area is 189 Å². The van der Waals surface area contributed by atoms with Crippen LogP contribution in [0.3, 0.4) is 0 Å². The molecule has 1 saturated heterocycles. The summed E-state index contributed by atoms with van der Waals surface area (Å²) in [5, 5.41) is 11.9. The molecular formula is C23H23N7O3. The molecule has 10 heteroatoms. The molecule has 0 saturated carbocycles. The number of imidazole rings is 1. The largest absolute Gasteiger partial charge is 0.379 e. The lowest BCUT2D eigenvalue weighted by atomic mass is 10.2. The number of ether oxygens (including phenoxy) is 1. The average Bonchev–Trinajstić information content (AvgIpc) is 3.28. The molecule has 1 aliphatic heterocycles. The van der Waals surface area contributed by atoms with Gasteiger partial charge < -0.3 is 10.1 Å². The van der Waals surface area contributed by atoms with Crippen LogP contribution in [0.4, 0.5) is 11.6 Å². The van der Waals surface area contributed by atoms with E-state index in [1.165, 1.54) is 5.56 Å². The number of carbonyl (C=O) groups excluding carboxylic acids is 1. The van der Waals surface area contributed by atoms with E-state index in [2.05, 4.69) is 37.3 Å². The average molecular weight is 445 g/mol. The van der Waals surface area contributed by atoms with Crippen LogP contribution in [0.5, 0.6) is 0 Å². The lowest BCUT2D eigenvalue weighted by Crippen LogP contribution is -2.35. The Hall–Kier alpha value is -3.86. The Morgan fingerprint density at radius 3 is 2.70 bits per heavy atom. The molecule has 4 aromatic rings. The number of hydrogen-bond acceptors (Lipinski definition) is 8. The number of nitrogens with one attached hydrogen (secondary N) is 2. The molecule has 0 radical (unpaired) electrons. The summed E-state index contributed by atoms with van der Waals surface area (Å²) in [5.74, 6) is -0.147. The molecule has 0 unspecified atom stereocenters. The van der Waals surface area contributed by atoms with E-state index in [4.69, 9.17) is 9.94 Å². The van der Waals surface area contributed by atoms with Crippen LogP contribution in [0, 0.1) is 0 Å². The van der Waals surface area contributed by atoms with Crippen molar-refractivity contribution in [1.82, 2.24) is 29.7 Å². The first kappa shape index (κ1) is 21.0. The number of pyridine rings is 1. The van der Waals surface area contributed by atoms with Crippen LogP contribution >= 0.6 is 0 Å². The van der Waals surface area contributed by atoms with E-state index in [9.17, 15) is 4.79 Å². The Bertz CT molecular complexity index is 1270. The van der Waals surface area contributed by atoms with Gasteiger partial charge >= 0.3 is 0 Å². The molecule has 0 atom stereocenters. The van der Waals surface area contributed by atoms with Gasteiger partial charge in [0.25, 0.3) is 5.91 Å². The van der Waals surface area contributed by atoms with Crippen molar-refractivity contribution in [2.24, 2.45) is 0 Å². The summed E-state index contributed by atoms with van der Waals surface area (Å²) >= 11 is 0. The van der Waals surface area contributed by atoms with E-state index in [0.717, 1.165) is 49.9 Å². The number of hydroxylamine groups is 1. The maximum absolute atomic E-state index is 11.5. The molecule has 33 heavy (non-hydrogen) atoms. The number of hydrogen-bond donors (Lipinski definition) is 3. The molecule has 3 N–H and O–H groups in total. The third-order valence-electron chi connectivity index (χ3n) is 5.51. The van der Waals surface area contributed by atoms with Crippen LogP contribution in [0.2, 0.25) is 0 Å². The van der Waals surface area contributed by atoms with E-state index in [1.807, 2.05) is 22.9 Å². The molecule has 0 aliphatic carbocycles. The van der Waals surface area contributed by atoms with Gasteiger partial charge in [-0.05, 0) is 48.0 Å². The summed E-state index contributed by atoms with van der Waals surface area (Å²) in [6, 6.07) is 12.7. The number of aromatic nitrogens is 4. The van der Waals surface area contributed by atoms with Gasteiger partial charge in [-0.3, -0.25) is 19.3 Å². The van der Waals surface area contributed by atoms with Gasteiger partial charge in [0.05, 0.1) is 30.8 Å². The molecule has 0 spiro atoms. The van der Waals surface area contributed by atoms with Crippen LogP contribution in [-0.2, 0) is 11.3 Å². The zero-order chi connectivity index (χ0) is 22.6. The Morgan fingerprint density at radius 1 is 1.09 bits per heavy atom. The fraction of sp³-hybridized carbons (Fsp3) is 0.217. The van der Waals surface area contributed by atoms with Crippen LogP contribution in [0.25, 0.3) is 17.0 Å². The summed E-state index contributed by atoms with van der Waals surface area (Å²) in [7, 11) is 0. The third-order valence-corrected chi connectivity index (χ3v) is 5.51. The van der Waals surface area contributed by atoms with Gasteiger partial charge in [0.2, 0.25) is 5.95 Å². The van der Waals surface area contributed by atoms with Crippen molar-refractivity contribution in [3.63, 3.8) is 0 Å². The highest BCUT2D eigenvalue weighted by molar-refractivity contribution is 5.93. The molecular weight excluding hydrogens is 422 g/mol. The number of benzene rings is 1. The second-order valence-corrected chi connectivity index (χ2v) is 7.70. The number of morpholine rings is 1. The lowest BCUT2D eigenvalue weighted by Gasteiger charge is -2.26. The topological polar surface area (TPSA) is 117 Å². The molecule has 5 rings (SSSR count). The Kier molecular flexibility index (Phi) is 5.94. The molecule has 0 bridgehead atoms. The van der Waals surface area contributed by atoms with Crippen molar-refractivity contribution >= 4 is 23.2 Å². The van der Waals surface area contributed by atoms with Crippen molar-refractivity contribution in [3.05, 3.63) is 72.2 Å². The van der Waals surface area contributed by atoms with E-state index in [1.54, 1.807) is 35.9 Å². The number of anilines is 2. The van der Waals surface area contributed by atoms with E-state index < -0.39 is 5.91 Å². The zero-order valence-corrected chi connectivity index (χ0v) is 17.8. The van der Waals surface area contributed by atoms with Crippen LogP contribution < -0.4 is 10.8 Å². The third kappa shape index (κ3) is 4.67. The van der Waals surface area contributed by atoms with Crippen LogP contribution in [0.15, 0.2) is 61.1 Å².